The van der Waals surface area contributed by atoms with Crippen molar-refractivity contribution in [3.05, 3.63) is 48.5 Å². The molecule has 0 bridgehead atoms. The van der Waals surface area contributed by atoms with Crippen LogP contribution in [-0.2, 0) is 4.79 Å². The molecule has 2 N–H and O–H groups in total. The SMILES string of the molecule is CSc1nn(-c2ccccc2)c2cc(NC(=O)C3CCNCC3)ccc12.Cl. The van der Waals surface area contributed by atoms with Crippen molar-refractivity contribution >= 4 is 46.7 Å². The molecule has 2 aromatic carbocycles. The Kier molecular flexibility index (Phi) is 6.42. The first kappa shape index (κ1) is 19.7. The first-order valence-electron chi connectivity index (χ1n) is 8.90. The minimum atomic E-state index is 0. The van der Waals surface area contributed by atoms with Gasteiger partial charge in [-0.2, -0.15) is 5.10 Å². The third-order valence-corrected chi connectivity index (χ3v) is 5.51. The highest BCUT2D eigenvalue weighted by Crippen LogP contribution is 2.30. The second-order valence-corrected chi connectivity index (χ2v) is 7.30. The van der Waals surface area contributed by atoms with E-state index in [2.05, 4.69) is 10.6 Å². The number of piperidine rings is 1. The standard InChI is InChI=1S/C20H22N4OS.ClH/c1-26-20-17-8-7-15(22-19(25)14-9-11-21-12-10-14)13-18(17)24(23-20)16-5-3-2-4-6-16;/h2-8,13-14,21H,9-12H2,1H3,(H,22,25);1H. The number of halogens is 1. The fourth-order valence-corrected chi connectivity index (χ4v) is 3.97. The van der Waals surface area contributed by atoms with Crippen LogP contribution < -0.4 is 10.6 Å². The summed E-state index contributed by atoms with van der Waals surface area (Å²) in [4.78, 5) is 12.6. The van der Waals surface area contributed by atoms with Crippen molar-refractivity contribution in [2.24, 2.45) is 5.92 Å². The molecule has 5 nitrogen and oxygen atoms in total. The molecule has 1 aromatic heterocycles. The quantitative estimate of drug-likeness (QED) is 0.645. The molecule has 0 radical (unpaired) electrons. The molecule has 0 spiro atoms. The first-order valence-corrected chi connectivity index (χ1v) is 10.1. The lowest BCUT2D eigenvalue weighted by Crippen LogP contribution is -2.34. The van der Waals surface area contributed by atoms with Crippen LogP contribution in [0.4, 0.5) is 5.69 Å². The molecule has 1 saturated heterocycles. The second-order valence-electron chi connectivity index (χ2n) is 6.50. The molecular formula is C20H23ClN4OS. The van der Waals surface area contributed by atoms with E-state index in [0.717, 1.165) is 53.2 Å². The fraction of sp³-hybridized carbons (Fsp3) is 0.300. The molecule has 2 heterocycles. The number of fused-ring (bicyclic) bond motifs is 1. The molecule has 1 amide bonds. The van der Waals surface area contributed by atoms with Crippen molar-refractivity contribution in [2.45, 2.75) is 17.9 Å². The molecule has 3 aromatic rings. The maximum absolute atomic E-state index is 12.6. The molecule has 1 aliphatic rings. The molecule has 1 aliphatic heterocycles. The van der Waals surface area contributed by atoms with Crippen LogP contribution in [0.5, 0.6) is 0 Å². The monoisotopic (exact) mass is 402 g/mol. The van der Waals surface area contributed by atoms with Crippen LogP contribution in [0.25, 0.3) is 16.6 Å². The number of carbonyl (C=O) groups is 1. The molecule has 7 heteroatoms. The second kappa shape index (κ2) is 8.78. The van der Waals surface area contributed by atoms with E-state index in [9.17, 15) is 4.79 Å². The average Bonchev–Trinajstić information content (AvgIpc) is 3.07. The van der Waals surface area contributed by atoms with Crippen LogP contribution in [0, 0.1) is 5.92 Å². The summed E-state index contributed by atoms with van der Waals surface area (Å²) in [6.07, 6.45) is 3.82. The number of aromatic nitrogens is 2. The number of benzene rings is 2. The smallest absolute Gasteiger partial charge is 0.227 e. The Balaban J connectivity index is 0.00000210. The highest BCUT2D eigenvalue weighted by Gasteiger charge is 2.21. The minimum Gasteiger partial charge on any atom is -0.326 e. The van der Waals surface area contributed by atoms with E-state index in [4.69, 9.17) is 5.10 Å². The van der Waals surface area contributed by atoms with Crippen LogP contribution >= 0.6 is 24.2 Å². The molecule has 0 aliphatic carbocycles. The normalized spacial score (nSPS) is 14.7. The number of hydrogen-bond acceptors (Lipinski definition) is 4. The summed E-state index contributed by atoms with van der Waals surface area (Å²) in [5.41, 5.74) is 2.84. The lowest BCUT2D eigenvalue weighted by molar-refractivity contribution is -0.120. The van der Waals surface area contributed by atoms with E-state index in [1.807, 2.05) is 59.5 Å². The van der Waals surface area contributed by atoms with E-state index >= 15 is 0 Å². The zero-order valence-electron chi connectivity index (χ0n) is 15.1. The Hall–Kier alpha value is -2.02. The van der Waals surface area contributed by atoms with Gasteiger partial charge >= 0.3 is 0 Å². The van der Waals surface area contributed by atoms with Gasteiger partial charge in [-0.05, 0) is 62.5 Å². The molecular weight excluding hydrogens is 380 g/mol. The third-order valence-electron chi connectivity index (χ3n) is 4.82. The number of hydrogen-bond donors (Lipinski definition) is 2. The molecule has 0 unspecified atom stereocenters. The Morgan fingerprint density at radius 1 is 1.19 bits per heavy atom. The van der Waals surface area contributed by atoms with Gasteiger partial charge in [-0.3, -0.25) is 4.79 Å². The largest absolute Gasteiger partial charge is 0.326 e. The zero-order chi connectivity index (χ0) is 17.9. The van der Waals surface area contributed by atoms with Crippen LogP contribution in [0.2, 0.25) is 0 Å². The predicted molar refractivity (Wildman–Crippen MR) is 114 cm³/mol. The van der Waals surface area contributed by atoms with Gasteiger partial charge in [-0.1, -0.05) is 18.2 Å². The molecule has 0 atom stereocenters. The number of amides is 1. The molecule has 4 rings (SSSR count). The number of para-hydroxylation sites is 1. The van der Waals surface area contributed by atoms with Crippen molar-refractivity contribution in [1.82, 2.24) is 15.1 Å². The Morgan fingerprint density at radius 3 is 2.63 bits per heavy atom. The van der Waals surface area contributed by atoms with Crippen molar-refractivity contribution < 1.29 is 4.79 Å². The highest BCUT2D eigenvalue weighted by molar-refractivity contribution is 7.98. The van der Waals surface area contributed by atoms with Gasteiger partial charge in [0, 0.05) is 17.0 Å². The number of rotatable bonds is 4. The van der Waals surface area contributed by atoms with Crippen LogP contribution in [-0.4, -0.2) is 35.0 Å². The van der Waals surface area contributed by atoms with E-state index in [1.54, 1.807) is 11.8 Å². The van der Waals surface area contributed by atoms with E-state index < -0.39 is 0 Å². The van der Waals surface area contributed by atoms with Gasteiger partial charge in [0.2, 0.25) is 5.91 Å². The molecule has 1 fully saturated rings. The van der Waals surface area contributed by atoms with Crippen molar-refractivity contribution in [3.8, 4) is 5.69 Å². The highest BCUT2D eigenvalue weighted by atomic mass is 35.5. The van der Waals surface area contributed by atoms with E-state index in [1.165, 1.54) is 0 Å². The van der Waals surface area contributed by atoms with Crippen molar-refractivity contribution in [3.63, 3.8) is 0 Å². The van der Waals surface area contributed by atoms with Crippen molar-refractivity contribution in [2.75, 3.05) is 24.7 Å². The summed E-state index contributed by atoms with van der Waals surface area (Å²) in [6, 6.07) is 16.1. The number of nitrogens with zero attached hydrogens (tertiary/aromatic N) is 2. The zero-order valence-corrected chi connectivity index (χ0v) is 16.8. The molecule has 0 saturated carbocycles. The first-order chi connectivity index (χ1) is 12.8. The Bertz CT molecular complexity index is 922. The fourth-order valence-electron chi connectivity index (χ4n) is 3.41. The summed E-state index contributed by atoms with van der Waals surface area (Å²) in [7, 11) is 0. The van der Waals surface area contributed by atoms with Gasteiger partial charge in [0.25, 0.3) is 0 Å². The maximum atomic E-state index is 12.6. The van der Waals surface area contributed by atoms with Crippen LogP contribution in [0.15, 0.2) is 53.6 Å². The minimum absolute atomic E-state index is 0. The average molecular weight is 403 g/mol. The summed E-state index contributed by atoms with van der Waals surface area (Å²) in [5.74, 6) is 0.203. The third kappa shape index (κ3) is 4.13. The summed E-state index contributed by atoms with van der Waals surface area (Å²) in [6.45, 7) is 1.82. The van der Waals surface area contributed by atoms with Gasteiger partial charge in [-0.15, -0.1) is 24.2 Å². The topological polar surface area (TPSA) is 59.0 Å². The molecule has 142 valence electrons. The van der Waals surface area contributed by atoms with Crippen LogP contribution in [0.1, 0.15) is 12.8 Å². The Morgan fingerprint density at radius 2 is 1.93 bits per heavy atom. The number of carbonyl (C=O) groups excluding carboxylic acids is 1. The van der Waals surface area contributed by atoms with Crippen LogP contribution in [0.3, 0.4) is 0 Å². The summed E-state index contributed by atoms with van der Waals surface area (Å²) >= 11 is 1.63. The van der Waals surface area contributed by atoms with Gasteiger partial charge in [0.05, 0.1) is 11.2 Å². The summed E-state index contributed by atoms with van der Waals surface area (Å²) in [5, 5.41) is 13.2. The Labute approximate surface area is 169 Å². The van der Waals surface area contributed by atoms with E-state index in [0.29, 0.717) is 0 Å². The van der Waals surface area contributed by atoms with E-state index in [-0.39, 0.29) is 24.2 Å². The number of anilines is 1. The number of thioether (sulfide) groups is 1. The number of nitrogens with one attached hydrogen (secondary N) is 2. The van der Waals surface area contributed by atoms with Gasteiger partial charge in [0.15, 0.2) is 0 Å². The van der Waals surface area contributed by atoms with Gasteiger partial charge < -0.3 is 10.6 Å². The lowest BCUT2D eigenvalue weighted by atomic mass is 9.97. The molecule has 27 heavy (non-hydrogen) atoms. The van der Waals surface area contributed by atoms with Gasteiger partial charge in [0.1, 0.15) is 5.03 Å². The maximum Gasteiger partial charge on any atom is 0.227 e. The lowest BCUT2D eigenvalue weighted by Gasteiger charge is -2.21. The van der Waals surface area contributed by atoms with Crippen molar-refractivity contribution in [1.29, 1.82) is 0 Å². The summed E-state index contributed by atoms with van der Waals surface area (Å²) < 4.78 is 1.95. The predicted octanol–water partition coefficient (Wildman–Crippen LogP) is 4.11. The van der Waals surface area contributed by atoms with Gasteiger partial charge in [-0.25, -0.2) is 4.68 Å².